The van der Waals surface area contributed by atoms with Crippen LogP contribution in [-0.2, 0) is 5.41 Å². The molecule has 0 fully saturated rings. The first kappa shape index (κ1) is 22.2. The van der Waals surface area contributed by atoms with Crippen LogP contribution in [0, 0.1) is 13.3 Å². The van der Waals surface area contributed by atoms with Crippen molar-refractivity contribution >= 4 is 34.8 Å². The number of benzene rings is 2. The molecule has 146 valence electrons. The highest BCUT2D eigenvalue weighted by Crippen LogP contribution is 2.40. The fourth-order valence-electron chi connectivity index (χ4n) is 2.57. The van der Waals surface area contributed by atoms with Gasteiger partial charge in [0.15, 0.2) is 5.75 Å². The summed E-state index contributed by atoms with van der Waals surface area (Å²) in [7, 11) is 0. The van der Waals surface area contributed by atoms with Crippen molar-refractivity contribution in [3.8, 4) is 11.5 Å². The lowest BCUT2D eigenvalue weighted by molar-refractivity contribution is 0.125. The predicted octanol–water partition coefficient (Wildman–Crippen LogP) is 5.71. The quantitative estimate of drug-likeness (QED) is 0.518. The topological polar surface area (TPSA) is 38.7 Å². The van der Waals surface area contributed by atoms with Crippen LogP contribution in [0.4, 0.5) is 0 Å². The summed E-state index contributed by atoms with van der Waals surface area (Å²) >= 11 is 18.3. The molecule has 2 rings (SSSR count). The van der Waals surface area contributed by atoms with E-state index in [1.165, 1.54) is 0 Å². The van der Waals surface area contributed by atoms with Crippen LogP contribution in [0.15, 0.2) is 36.4 Å². The van der Waals surface area contributed by atoms with E-state index >= 15 is 0 Å². The van der Waals surface area contributed by atoms with Gasteiger partial charge in [0.2, 0.25) is 0 Å². The van der Waals surface area contributed by atoms with Gasteiger partial charge in [0.05, 0.1) is 22.5 Å². The highest BCUT2D eigenvalue weighted by molar-refractivity contribution is 6.37. The van der Waals surface area contributed by atoms with Crippen LogP contribution in [0.25, 0.3) is 0 Å². The molecule has 2 radical (unpaired) electrons. The van der Waals surface area contributed by atoms with E-state index in [9.17, 15) is 5.11 Å². The summed E-state index contributed by atoms with van der Waals surface area (Å²) in [5.41, 5.74) is 1.70. The van der Waals surface area contributed by atoms with Crippen molar-refractivity contribution in [2.75, 3.05) is 19.1 Å². The molecule has 2 aromatic rings. The molecule has 1 unspecified atom stereocenters. The summed E-state index contributed by atoms with van der Waals surface area (Å²) in [5.74, 6) is 1.20. The maximum atomic E-state index is 9.55. The Balaban J connectivity index is 2.25. The summed E-state index contributed by atoms with van der Waals surface area (Å²) in [6.07, 6.45) is 0.925. The normalized spacial score (nSPS) is 12.7. The Hall–Kier alpha value is -1.13. The molecule has 0 spiro atoms. The van der Waals surface area contributed by atoms with Crippen molar-refractivity contribution in [1.29, 1.82) is 0 Å². The van der Waals surface area contributed by atoms with Crippen LogP contribution < -0.4 is 9.47 Å². The SMILES string of the molecule is [CH2][CH]COc1ccc(C(C)(C)c2cc(Cl)c(OCC(O)CCl)c(Cl)c2)cc1. The standard InChI is InChI=1S/C21H23Cl3O3/c1-4-9-26-17-7-5-14(6-8-17)21(2,3)15-10-18(23)20(19(24)11-15)27-13-16(25)12-22/h4-8,10-11,16,25H,1,9,12-13H2,2-3H3. The zero-order chi connectivity index (χ0) is 20.0. The third-order valence-corrected chi connectivity index (χ3v) is 5.18. The second kappa shape index (κ2) is 9.88. The van der Waals surface area contributed by atoms with E-state index in [4.69, 9.17) is 44.3 Å². The van der Waals surface area contributed by atoms with E-state index < -0.39 is 6.10 Å². The molecule has 0 aliphatic rings. The van der Waals surface area contributed by atoms with Crippen LogP contribution in [0.5, 0.6) is 11.5 Å². The highest BCUT2D eigenvalue weighted by atomic mass is 35.5. The lowest BCUT2D eigenvalue weighted by Gasteiger charge is -2.27. The minimum Gasteiger partial charge on any atom is -0.493 e. The first-order valence-electron chi connectivity index (χ1n) is 8.50. The summed E-state index contributed by atoms with van der Waals surface area (Å²) in [6, 6.07) is 11.5. The van der Waals surface area contributed by atoms with Crippen LogP contribution >= 0.6 is 34.8 Å². The molecule has 1 N–H and O–H groups in total. The number of rotatable bonds is 9. The van der Waals surface area contributed by atoms with Gasteiger partial charge in [-0.25, -0.2) is 0 Å². The number of ether oxygens (including phenoxy) is 2. The fourth-order valence-corrected chi connectivity index (χ4v) is 3.26. The number of alkyl halides is 1. The van der Waals surface area contributed by atoms with Crippen LogP contribution in [-0.4, -0.2) is 30.3 Å². The van der Waals surface area contributed by atoms with E-state index in [0.29, 0.717) is 22.4 Å². The van der Waals surface area contributed by atoms with E-state index in [-0.39, 0.29) is 17.9 Å². The van der Waals surface area contributed by atoms with Gasteiger partial charge in [0.25, 0.3) is 0 Å². The van der Waals surface area contributed by atoms with Crippen molar-refractivity contribution in [1.82, 2.24) is 0 Å². The zero-order valence-corrected chi connectivity index (χ0v) is 17.6. The van der Waals surface area contributed by atoms with Gasteiger partial charge in [-0.05, 0) is 48.7 Å². The van der Waals surface area contributed by atoms with E-state index in [0.717, 1.165) is 16.9 Å². The smallest absolute Gasteiger partial charge is 0.156 e. The molecule has 0 saturated heterocycles. The monoisotopic (exact) mass is 428 g/mol. The van der Waals surface area contributed by atoms with Crippen LogP contribution in [0.1, 0.15) is 25.0 Å². The number of hydrogen-bond acceptors (Lipinski definition) is 3. The lowest BCUT2D eigenvalue weighted by atomic mass is 9.78. The van der Waals surface area contributed by atoms with E-state index in [1.807, 2.05) is 36.4 Å². The Bertz CT molecular complexity index is 722. The first-order chi connectivity index (χ1) is 12.8. The van der Waals surface area contributed by atoms with Crippen LogP contribution in [0.3, 0.4) is 0 Å². The summed E-state index contributed by atoms with van der Waals surface area (Å²) in [4.78, 5) is 0. The summed E-state index contributed by atoms with van der Waals surface area (Å²) in [6.45, 7) is 8.31. The predicted molar refractivity (Wildman–Crippen MR) is 112 cm³/mol. The summed E-state index contributed by atoms with van der Waals surface area (Å²) < 4.78 is 11.1. The molecule has 0 aliphatic heterocycles. The number of hydrogen-bond donors (Lipinski definition) is 1. The summed E-state index contributed by atoms with van der Waals surface area (Å²) in [5, 5.41) is 10.3. The van der Waals surface area contributed by atoms with Gasteiger partial charge in [0, 0.05) is 5.41 Å². The van der Waals surface area contributed by atoms with Crippen molar-refractivity contribution in [3.05, 3.63) is 70.9 Å². The van der Waals surface area contributed by atoms with Gasteiger partial charge < -0.3 is 14.6 Å². The van der Waals surface area contributed by atoms with E-state index in [1.54, 1.807) is 6.42 Å². The average Bonchev–Trinajstić information content (AvgIpc) is 2.65. The largest absolute Gasteiger partial charge is 0.493 e. The highest BCUT2D eigenvalue weighted by Gasteiger charge is 2.26. The Morgan fingerprint density at radius 1 is 1.07 bits per heavy atom. The third-order valence-electron chi connectivity index (χ3n) is 4.26. The molecule has 0 heterocycles. The Labute approximate surface area is 176 Å². The molecule has 0 aliphatic carbocycles. The molecule has 1 atom stereocenters. The van der Waals surface area contributed by atoms with Crippen LogP contribution in [0.2, 0.25) is 10.0 Å². The van der Waals surface area contributed by atoms with Crippen molar-refractivity contribution in [3.63, 3.8) is 0 Å². The zero-order valence-electron chi connectivity index (χ0n) is 15.3. The molecule has 0 bridgehead atoms. The van der Waals surface area contributed by atoms with Gasteiger partial charge in [-0.2, -0.15) is 0 Å². The van der Waals surface area contributed by atoms with Crippen molar-refractivity contribution < 1.29 is 14.6 Å². The van der Waals surface area contributed by atoms with Gasteiger partial charge in [-0.3, -0.25) is 0 Å². The molecule has 0 saturated carbocycles. The first-order valence-corrected chi connectivity index (χ1v) is 9.79. The van der Waals surface area contributed by atoms with Gasteiger partial charge >= 0.3 is 0 Å². The molecule has 0 aromatic heterocycles. The van der Waals surface area contributed by atoms with E-state index in [2.05, 4.69) is 20.8 Å². The molecule has 27 heavy (non-hydrogen) atoms. The number of halogens is 3. The maximum absolute atomic E-state index is 9.55. The molecular weight excluding hydrogens is 407 g/mol. The molecule has 2 aromatic carbocycles. The molecule has 0 amide bonds. The molecular formula is C21H23Cl3O3. The fraction of sp³-hybridized carbons (Fsp3) is 0.333. The maximum Gasteiger partial charge on any atom is 0.156 e. The number of aliphatic hydroxyl groups excluding tert-OH is 1. The van der Waals surface area contributed by atoms with Crippen molar-refractivity contribution in [2.45, 2.75) is 25.4 Å². The van der Waals surface area contributed by atoms with Crippen molar-refractivity contribution in [2.24, 2.45) is 0 Å². The average molecular weight is 430 g/mol. The lowest BCUT2D eigenvalue weighted by Crippen LogP contribution is -2.20. The minimum atomic E-state index is -0.781. The molecule has 3 nitrogen and oxygen atoms in total. The second-order valence-electron chi connectivity index (χ2n) is 6.64. The van der Waals surface area contributed by atoms with Gasteiger partial charge in [-0.1, -0.05) is 49.2 Å². The Kier molecular flexibility index (Phi) is 8.11. The second-order valence-corrected chi connectivity index (χ2v) is 7.76. The Morgan fingerprint density at radius 2 is 1.67 bits per heavy atom. The number of aliphatic hydroxyl groups is 1. The Morgan fingerprint density at radius 3 is 2.19 bits per heavy atom. The van der Waals surface area contributed by atoms with Gasteiger partial charge in [0.1, 0.15) is 18.5 Å². The van der Waals surface area contributed by atoms with Gasteiger partial charge in [-0.15, -0.1) is 11.6 Å². The molecule has 6 heteroatoms. The minimum absolute atomic E-state index is 0.0256. The third kappa shape index (κ3) is 5.68.